The van der Waals surface area contributed by atoms with Crippen molar-refractivity contribution in [3.63, 3.8) is 0 Å². The van der Waals surface area contributed by atoms with Gasteiger partial charge in [0.1, 0.15) is 5.01 Å². The predicted octanol–water partition coefficient (Wildman–Crippen LogP) is 6.84. The third kappa shape index (κ3) is 2.65. The molecular weight excluding hydrogens is 380 g/mol. The van der Waals surface area contributed by atoms with Gasteiger partial charge < -0.3 is 4.90 Å². The lowest BCUT2D eigenvalue weighted by Gasteiger charge is -2.25. The smallest absolute Gasteiger partial charge is 0.124 e. The molecule has 0 unspecified atom stereocenters. The van der Waals surface area contributed by atoms with Crippen LogP contribution in [0.3, 0.4) is 0 Å². The lowest BCUT2D eigenvalue weighted by Crippen LogP contribution is -2.19. The van der Waals surface area contributed by atoms with Gasteiger partial charge in [0.05, 0.1) is 10.2 Å². The number of nitrogens with zero attached hydrogens (tertiary/aromatic N) is 2. The summed E-state index contributed by atoms with van der Waals surface area (Å²) in [6, 6.07) is 17.5. The van der Waals surface area contributed by atoms with Crippen molar-refractivity contribution in [2.24, 2.45) is 0 Å². The first-order valence-corrected chi connectivity index (χ1v) is 10.9. The number of hydrogen-bond acceptors (Lipinski definition) is 4. The van der Waals surface area contributed by atoms with Crippen molar-refractivity contribution >= 4 is 48.5 Å². The minimum absolute atomic E-state index is 0.935. The number of thiazole rings is 1. The van der Waals surface area contributed by atoms with Crippen LogP contribution < -0.4 is 0 Å². The topological polar surface area (TPSA) is 16.1 Å². The largest absolute Gasteiger partial charge is 0.344 e. The molecule has 0 fully saturated rings. The maximum absolute atomic E-state index is 4.89. The molecule has 0 saturated carbocycles. The van der Waals surface area contributed by atoms with Gasteiger partial charge in [-0.3, -0.25) is 0 Å². The second-order valence-corrected chi connectivity index (χ2v) is 9.05. The fourth-order valence-corrected chi connectivity index (χ4v) is 5.72. The van der Waals surface area contributed by atoms with Crippen LogP contribution >= 0.6 is 22.7 Å². The first-order valence-electron chi connectivity index (χ1n) is 9.27. The summed E-state index contributed by atoms with van der Waals surface area (Å²) in [7, 11) is 0. The number of fused-ring (bicyclic) bond motifs is 3. The molecule has 0 amide bonds. The van der Waals surface area contributed by atoms with Crippen LogP contribution in [0.15, 0.2) is 90.8 Å². The van der Waals surface area contributed by atoms with E-state index in [1.807, 2.05) is 11.3 Å². The molecule has 0 saturated heterocycles. The van der Waals surface area contributed by atoms with Gasteiger partial charge >= 0.3 is 0 Å². The molecule has 0 atom stereocenters. The molecule has 4 heterocycles. The Labute approximate surface area is 171 Å². The molecule has 2 aromatic carbocycles. The van der Waals surface area contributed by atoms with Gasteiger partial charge in [-0.15, -0.1) is 22.7 Å². The zero-order valence-corrected chi connectivity index (χ0v) is 16.6. The van der Waals surface area contributed by atoms with Gasteiger partial charge in [0, 0.05) is 33.6 Å². The summed E-state index contributed by atoms with van der Waals surface area (Å²) in [4.78, 5) is 8.45. The summed E-state index contributed by atoms with van der Waals surface area (Å²) in [6.45, 7) is 0.935. The van der Waals surface area contributed by atoms with E-state index in [1.165, 1.54) is 36.5 Å². The molecule has 2 aliphatic rings. The molecule has 0 bridgehead atoms. The second kappa shape index (κ2) is 6.30. The first kappa shape index (κ1) is 16.0. The Bertz CT molecular complexity index is 1310. The molecule has 0 aliphatic carbocycles. The van der Waals surface area contributed by atoms with E-state index in [0.717, 1.165) is 17.1 Å². The fourth-order valence-electron chi connectivity index (χ4n) is 3.66. The first-order chi connectivity index (χ1) is 13.8. The lowest BCUT2D eigenvalue weighted by atomic mass is 10.1. The maximum Gasteiger partial charge on any atom is 0.124 e. The molecule has 28 heavy (non-hydrogen) atoms. The Morgan fingerprint density at radius 1 is 0.964 bits per heavy atom. The van der Waals surface area contributed by atoms with Crippen molar-refractivity contribution < 1.29 is 0 Å². The van der Waals surface area contributed by atoms with Crippen molar-refractivity contribution in [1.29, 1.82) is 0 Å². The van der Waals surface area contributed by atoms with E-state index in [-0.39, 0.29) is 0 Å². The van der Waals surface area contributed by atoms with Gasteiger partial charge in [-0.25, -0.2) is 4.98 Å². The quantitative estimate of drug-likeness (QED) is 0.368. The minimum atomic E-state index is 0.935. The van der Waals surface area contributed by atoms with E-state index in [9.17, 15) is 0 Å². The summed E-state index contributed by atoms with van der Waals surface area (Å²) in [5, 5.41) is 2.39. The highest BCUT2D eigenvalue weighted by Gasteiger charge is 2.15. The Kier molecular flexibility index (Phi) is 3.61. The molecule has 4 heteroatoms. The minimum Gasteiger partial charge on any atom is -0.344 e. The van der Waals surface area contributed by atoms with Gasteiger partial charge in [0.2, 0.25) is 0 Å². The van der Waals surface area contributed by atoms with Crippen molar-refractivity contribution in [3.8, 4) is 10.4 Å². The van der Waals surface area contributed by atoms with E-state index in [0.29, 0.717) is 0 Å². The molecule has 2 nitrogen and oxygen atoms in total. The third-order valence-electron chi connectivity index (χ3n) is 5.12. The highest BCUT2D eigenvalue weighted by atomic mass is 32.1. The molecule has 6 rings (SSSR count). The lowest BCUT2D eigenvalue weighted by molar-refractivity contribution is 0.524. The number of thiophene rings is 1. The standard InChI is InChI=1S/C24H16N2S2/c1-2-7-21-16(5-1)14-22(27-21)17-8-9-20-23(15-17)28-24(25-20)18-10-12-26-11-4-3-6-19(26)13-18/h1-10,12-15H,11H2. The number of allylic oxidation sites excluding steroid dienone is 5. The Morgan fingerprint density at radius 3 is 2.89 bits per heavy atom. The average molecular weight is 397 g/mol. The van der Waals surface area contributed by atoms with Gasteiger partial charge in [-0.1, -0.05) is 36.4 Å². The summed E-state index contributed by atoms with van der Waals surface area (Å²) in [5.74, 6) is 0. The van der Waals surface area contributed by atoms with E-state index in [2.05, 4.69) is 90.0 Å². The zero-order valence-electron chi connectivity index (χ0n) is 15.0. The average Bonchev–Trinajstić information content (AvgIpc) is 3.37. The van der Waals surface area contributed by atoms with Gasteiger partial charge in [-0.05, 0) is 53.4 Å². The highest BCUT2D eigenvalue weighted by Crippen LogP contribution is 2.37. The zero-order chi connectivity index (χ0) is 18.5. The van der Waals surface area contributed by atoms with Crippen LogP contribution in [0.5, 0.6) is 0 Å². The Balaban J connectivity index is 1.40. The molecular formula is C24H16N2S2. The maximum atomic E-state index is 4.89. The summed E-state index contributed by atoms with van der Waals surface area (Å²) in [5.41, 5.74) is 4.75. The number of aromatic nitrogens is 1. The number of hydrogen-bond donors (Lipinski definition) is 0. The van der Waals surface area contributed by atoms with Crippen LogP contribution in [0, 0.1) is 0 Å². The number of benzene rings is 2. The van der Waals surface area contributed by atoms with Crippen LogP contribution in [0.4, 0.5) is 0 Å². The van der Waals surface area contributed by atoms with Crippen molar-refractivity contribution in [3.05, 3.63) is 95.8 Å². The van der Waals surface area contributed by atoms with Crippen LogP contribution in [-0.2, 0) is 0 Å². The highest BCUT2D eigenvalue weighted by molar-refractivity contribution is 7.22. The van der Waals surface area contributed by atoms with E-state index in [4.69, 9.17) is 4.98 Å². The normalized spacial score (nSPS) is 15.8. The monoisotopic (exact) mass is 396 g/mol. The van der Waals surface area contributed by atoms with Crippen LogP contribution in [-0.4, -0.2) is 16.4 Å². The van der Waals surface area contributed by atoms with Gasteiger partial charge in [0.15, 0.2) is 0 Å². The molecule has 4 aromatic rings. The molecule has 2 aromatic heterocycles. The van der Waals surface area contributed by atoms with Crippen LogP contribution in [0.2, 0.25) is 0 Å². The van der Waals surface area contributed by atoms with E-state index < -0.39 is 0 Å². The van der Waals surface area contributed by atoms with Crippen molar-refractivity contribution in [2.45, 2.75) is 0 Å². The summed E-state index contributed by atoms with van der Waals surface area (Å²) < 4.78 is 2.57. The molecule has 2 aliphatic heterocycles. The summed E-state index contributed by atoms with van der Waals surface area (Å²) >= 11 is 3.62. The van der Waals surface area contributed by atoms with Crippen LogP contribution in [0.25, 0.3) is 36.3 Å². The molecule has 134 valence electrons. The SMILES string of the molecule is C1=CCN2C=CC(c3nc4ccc(-c5cc6ccccc6s5)cc4s3)=CC2=C1. The summed E-state index contributed by atoms with van der Waals surface area (Å²) in [6.07, 6.45) is 13.0. The fraction of sp³-hybridized carbons (Fsp3) is 0.0417. The van der Waals surface area contributed by atoms with Gasteiger partial charge in [-0.2, -0.15) is 0 Å². The molecule has 0 spiro atoms. The molecule has 0 radical (unpaired) electrons. The third-order valence-corrected chi connectivity index (χ3v) is 7.35. The Morgan fingerprint density at radius 2 is 1.93 bits per heavy atom. The van der Waals surface area contributed by atoms with E-state index in [1.54, 1.807) is 11.3 Å². The van der Waals surface area contributed by atoms with Gasteiger partial charge in [0.25, 0.3) is 0 Å². The second-order valence-electron chi connectivity index (χ2n) is 6.94. The predicted molar refractivity (Wildman–Crippen MR) is 121 cm³/mol. The van der Waals surface area contributed by atoms with E-state index >= 15 is 0 Å². The molecule has 0 N–H and O–H groups in total. The van der Waals surface area contributed by atoms with Crippen molar-refractivity contribution in [1.82, 2.24) is 9.88 Å². The van der Waals surface area contributed by atoms with Crippen molar-refractivity contribution in [2.75, 3.05) is 6.54 Å². The number of rotatable bonds is 2. The Hall–Kier alpha value is -2.95. The van der Waals surface area contributed by atoms with Crippen LogP contribution in [0.1, 0.15) is 5.01 Å².